The van der Waals surface area contributed by atoms with Crippen LogP contribution in [-0.4, -0.2) is 30.9 Å². The van der Waals surface area contributed by atoms with Crippen LogP contribution in [0, 0.1) is 0 Å². The van der Waals surface area contributed by atoms with E-state index in [-0.39, 0.29) is 0 Å². The Morgan fingerprint density at radius 3 is 2.20 bits per heavy atom. The number of hydrogen-bond donors (Lipinski definition) is 0. The lowest BCUT2D eigenvalue weighted by Crippen LogP contribution is -2.25. The van der Waals surface area contributed by atoms with E-state index in [0.29, 0.717) is 0 Å². The van der Waals surface area contributed by atoms with E-state index < -0.39 is 0 Å². The lowest BCUT2D eigenvalue weighted by molar-refractivity contribution is 1.06. The van der Waals surface area contributed by atoms with Crippen LogP contribution in [-0.2, 0) is 0 Å². The summed E-state index contributed by atoms with van der Waals surface area (Å²) < 4.78 is 0. The van der Waals surface area contributed by atoms with Gasteiger partial charge in [-0.15, -0.1) is 23.5 Å². The molecule has 0 amide bonds. The first-order valence-electron chi connectivity index (χ1n) is 4.95. The standard InChI is InChI=1S/C11H16N2S2/c1-12(2)10-3-5-11(6-4-10)13-7-14-9-15-8-13/h3-6H,7-9H2,1-2H3. The Bertz CT molecular complexity index is 305. The van der Waals surface area contributed by atoms with Gasteiger partial charge >= 0.3 is 0 Å². The molecule has 15 heavy (non-hydrogen) atoms. The van der Waals surface area contributed by atoms with E-state index in [1.807, 2.05) is 23.5 Å². The molecule has 4 heteroatoms. The summed E-state index contributed by atoms with van der Waals surface area (Å²) in [4.78, 5) is 4.54. The molecule has 1 aliphatic heterocycles. The van der Waals surface area contributed by atoms with Gasteiger partial charge in [0, 0.05) is 30.6 Å². The molecule has 2 nitrogen and oxygen atoms in total. The normalized spacial score (nSPS) is 16.5. The molecule has 0 unspecified atom stereocenters. The van der Waals surface area contributed by atoms with Crippen molar-refractivity contribution in [1.82, 2.24) is 0 Å². The Labute approximate surface area is 100 Å². The van der Waals surface area contributed by atoms with Gasteiger partial charge in [-0.2, -0.15) is 0 Å². The zero-order chi connectivity index (χ0) is 10.7. The Balaban J connectivity index is 2.08. The van der Waals surface area contributed by atoms with Gasteiger partial charge in [0.15, 0.2) is 0 Å². The maximum Gasteiger partial charge on any atom is 0.0656 e. The SMILES string of the molecule is CN(C)c1ccc(N2CSCSC2)cc1. The molecule has 1 saturated heterocycles. The van der Waals surface area contributed by atoms with Crippen molar-refractivity contribution in [3.63, 3.8) is 0 Å². The Hall–Kier alpha value is -0.480. The number of anilines is 2. The second kappa shape index (κ2) is 5.03. The molecule has 0 saturated carbocycles. The number of benzene rings is 1. The molecule has 1 heterocycles. The fourth-order valence-corrected chi connectivity index (χ4v) is 3.61. The van der Waals surface area contributed by atoms with Crippen LogP contribution in [0.3, 0.4) is 0 Å². The maximum absolute atomic E-state index is 2.41. The molecule has 0 bridgehead atoms. The minimum atomic E-state index is 1.12. The highest BCUT2D eigenvalue weighted by molar-refractivity contribution is 8.16. The van der Waals surface area contributed by atoms with Gasteiger partial charge in [-0.25, -0.2) is 0 Å². The molecule has 0 aromatic heterocycles. The van der Waals surface area contributed by atoms with E-state index in [1.54, 1.807) is 0 Å². The molecule has 0 atom stereocenters. The fraction of sp³-hybridized carbons (Fsp3) is 0.455. The van der Waals surface area contributed by atoms with Gasteiger partial charge in [-0.05, 0) is 24.3 Å². The van der Waals surface area contributed by atoms with Gasteiger partial charge in [0.05, 0.1) is 11.8 Å². The molecule has 0 radical (unpaired) electrons. The first-order chi connectivity index (χ1) is 7.27. The summed E-state index contributed by atoms with van der Waals surface area (Å²) in [6, 6.07) is 8.78. The van der Waals surface area contributed by atoms with Crippen LogP contribution in [0.15, 0.2) is 24.3 Å². The molecular formula is C11H16N2S2. The Kier molecular flexibility index (Phi) is 3.70. The van der Waals surface area contributed by atoms with Gasteiger partial charge in [0.1, 0.15) is 0 Å². The van der Waals surface area contributed by atoms with Crippen LogP contribution < -0.4 is 9.80 Å². The third-order valence-corrected chi connectivity index (χ3v) is 4.71. The van der Waals surface area contributed by atoms with Gasteiger partial charge in [0.25, 0.3) is 0 Å². The van der Waals surface area contributed by atoms with Crippen LogP contribution in [0.1, 0.15) is 0 Å². The smallest absolute Gasteiger partial charge is 0.0656 e. The van der Waals surface area contributed by atoms with Crippen molar-refractivity contribution < 1.29 is 0 Å². The summed E-state index contributed by atoms with van der Waals surface area (Å²) in [6.45, 7) is 0. The third kappa shape index (κ3) is 2.75. The topological polar surface area (TPSA) is 6.48 Å². The lowest BCUT2D eigenvalue weighted by atomic mass is 10.2. The molecule has 0 spiro atoms. The summed E-state index contributed by atoms with van der Waals surface area (Å²) >= 11 is 3.97. The molecule has 1 aromatic carbocycles. The van der Waals surface area contributed by atoms with E-state index in [9.17, 15) is 0 Å². The first-order valence-corrected chi connectivity index (χ1v) is 7.26. The average molecular weight is 240 g/mol. The summed E-state index contributed by atoms with van der Waals surface area (Å²) in [7, 11) is 4.14. The van der Waals surface area contributed by atoms with Gasteiger partial charge in [-0.1, -0.05) is 0 Å². The highest BCUT2D eigenvalue weighted by atomic mass is 32.2. The van der Waals surface area contributed by atoms with Crippen LogP contribution >= 0.6 is 23.5 Å². The van der Waals surface area contributed by atoms with Crippen molar-refractivity contribution in [1.29, 1.82) is 0 Å². The van der Waals surface area contributed by atoms with E-state index >= 15 is 0 Å². The zero-order valence-electron chi connectivity index (χ0n) is 9.14. The van der Waals surface area contributed by atoms with Gasteiger partial charge < -0.3 is 9.80 Å². The summed E-state index contributed by atoms with van der Waals surface area (Å²) in [5.74, 6) is 2.24. The summed E-state index contributed by atoms with van der Waals surface area (Å²) in [6.07, 6.45) is 0. The highest BCUT2D eigenvalue weighted by Gasteiger charge is 2.11. The van der Waals surface area contributed by atoms with E-state index in [1.165, 1.54) is 16.5 Å². The first kappa shape index (κ1) is 11.0. The Morgan fingerprint density at radius 2 is 1.67 bits per heavy atom. The minimum absolute atomic E-state index is 1.12. The fourth-order valence-electron chi connectivity index (χ4n) is 1.50. The quantitative estimate of drug-likeness (QED) is 0.784. The predicted octanol–water partition coefficient (Wildman–Crippen LogP) is 2.91. The van der Waals surface area contributed by atoms with Crippen LogP contribution in [0.25, 0.3) is 0 Å². The lowest BCUT2D eigenvalue weighted by Gasteiger charge is -2.28. The molecule has 1 aliphatic rings. The predicted molar refractivity (Wildman–Crippen MR) is 73.0 cm³/mol. The van der Waals surface area contributed by atoms with E-state index in [0.717, 1.165) is 11.8 Å². The van der Waals surface area contributed by atoms with Crippen molar-refractivity contribution >= 4 is 34.9 Å². The van der Waals surface area contributed by atoms with Crippen LogP contribution in [0.2, 0.25) is 0 Å². The summed E-state index contributed by atoms with van der Waals surface area (Å²) in [5, 5.41) is 1.23. The van der Waals surface area contributed by atoms with Crippen molar-refractivity contribution in [3.8, 4) is 0 Å². The van der Waals surface area contributed by atoms with E-state index in [4.69, 9.17) is 0 Å². The number of nitrogens with zero attached hydrogens (tertiary/aromatic N) is 2. The second-order valence-corrected chi connectivity index (χ2v) is 6.01. The summed E-state index contributed by atoms with van der Waals surface area (Å²) in [5.41, 5.74) is 2.59. The maximum atomic E-state index is 2.41. The molecule has 82 valence electrons. The molecular weight excluding hydrogens is 224 g/mol. The van der Waals surface area contributed by atoms with Crippen LogP contribution in [0.5, 0.6) is 0 Å². The van der Waals surface area contributed by atoms with E-state index in [2.05, 4.69) is 48.2 Å². The van der Waals surface area contributed by atoms with Crippen molar-refractivity contribution in [2.45, 2.75) is 0 Å². The Morgan fingerprint density at radius 1 is 1.07 bits per heavy atom. The molecule has 1 aromatic rings. The van der Waals surface area contributed by atoms with Gasteiger partial charge in [0.2, 0.25) is 0 Å². The highest BCUT2D eigenvalue weighted by Crippen LogP contribution is 2.28. The molecule has 0 N–H and O–H groups in total. The molecule has 0 aliphatic carbocycles. The van der Waals surface area contributed by atoms with Crippen LogP contribution in [0.4, 0.5) is 11.4 Å². The number of rotatable bonds is 2. The number of thioether (sulfide) groups is 2. The second-order valence-electron chi connectivity index (χ2n) is 3.73. The third-order valence-electron chi connectivity index (χ3n) is 2.39. The molecule has 1 fully saturated rings. The van der Waals surface area contributed by atoms with Crippen molar-refractivity contribution in [3.05, 3.63) is 24.3 Å². The molecule has 2 rings (SSSR count). The van der Waals surface area contributed by atoms with Crippen molar-refractivity contribution in [2.24, 2.45) is 0 Å². The zero-order valence-corrected chi connectivity index (χ0v) is 10.8. The minimum Gasteiger partial charge on any atom is -0.378 e. The number of hydrogen-bond acceptors (Lipinski definition) is 4. The largest absolute Gasteiger partial charge is 0.378 e. The van der Waals surface area contributed by atoms with Crippen molar-refractivity contribution in [2.75, 3.05) is 40.7 Å². The average Bonchev–Trinajstić information content (AvgIpc) is 2.30. The monoisotopic (exact) mass is 240 g/mol. The van der Waals surface area contributed by atoms with Gasteiger partial charge in [-0.3, -0.25) is 0 Å².